The molecule has 1 atom stereocenters. The maximum absolute atomic E-state index is 11.4. The molecule has 1 unspecified atom stereocenters. The van der Waals surface area contributed by atoms with E-state index in [1.165, 1.54) is 31.7 Å². The molecule has 22 heavy (non-hydrogen) atoms. The number of hydrogen-bond donors (Lipinski definition) is 1. The van der Waals surface area contributed by atoms with Gasteiger partial charge in [0.05, 0.1) is 23.7 Å². The van der Waals surface area contributed by atoms with Crippen LogP contribution in [0.25, 0.3) is 0 Å². The molecule has 0 aliphatic carbocycles. The minimum atomic E-state index is -0.592. The van der Waals surface area contributed by atoms with Crippen LogP contribution in [0, 0.1) is 10.1 Å². The van der Waals surface area contributed by atoms with Crippen molar-refractivity contribution in [2.24, 2.45) is 0 Å². The number of ether oxygens (including phenoxy) is 2. The van der Waals surface area contributed by atoms with E-state index in [9.17, 15) is 14.9 Å². The van der Waals surface area contributed by atoms with Gasteiger partial charge in [-0.1, -0.05) is 0 Å². The number of nitrogens with zero attached hydrogens (tertiary/aromatic N) is 1. The Labute approximate surface area is 128 Å². The van der Waals surface area contributed by atoms with Crippen molar-refractivity contribution in [1.29, 1.82) is 0 Å². The quantitative estimate of drug-likeness (QED) is 0.493. The van der Waals surface area contributed by atoms with Crippen LogP contribution in [0.4, 0.5) is 11.4 Å². The number of benzene rings is 1. The summed E-state index contributed by atoms with van der Waals surface area (Å²) in [4.78, 5) is 22.1. The van der Waals surface area contributed by atoms with E-state index in [0.717, 1.165) is 25.9 Å². The average molecular weight is 308 g/mol. The lowest BCUT2D eigenvalue weighted by Crippen LogP contribution is -2.22. The van der Waals surface area contributed by atoms with Gasteiger partial charge in [0.15, 0.2) is 0 Å². The third-order valence-electron chi connectivity index (χ3n) is 3.67. The van der Waals surface area contributed by atoms with Crippen LogP contribution in [0.1, 0.15) is 36.0 Å². The highest BCUT2D eigenvalue weighted by Gasteiger charge is 2.19. The molecule has 7 nitrogen and oxygen atoms in total. The van der Waals surface area contributed by atoms with Crippen LogP contribution in [-0.2, 0) is 9.47 Å². The van der Waals surface area contributed by atoms with E-state index < -0.39 is 10.9 Å². The topological polar surface area (TPSA) is 90.7 Å². The monoisotopic (exact) mass is 308 g/mol. The smallest absolute Gasteiger partial charge is 0.338 e. The Morgan fingerprint density at radius 1 is 1.50 bits per heavy atom. The molecule has 0 bridgehead atoms. The Balaban J connectivity index is 1.99. The summed E-state index contributed by atoms with van der Waals surface area (Å²) in [5.41, 5.74) is 0.427. The molecule has 0 saturated carbocycles. The molecule has 1 aliphatic rings. The number of carbonyl (C=O) groups is 1. The van der Waals surface area contributed by atoms with Gasteiger partial charge in [-0.25, -0.2) is 4.79 Å². The first-order valence-corrected chi connectivity index (χ1v) is 7.34. The van der Waals surface area contributed by atoms with Crippen LogP contribution in [0.15, 0.2) is 18.2 Å². The highest BCUT2D eigenvalue weighted by Crippen LogP contribution is 2.26. The fraction of sp³-hybridized carbons (Fsp3) is 0.533. The lowest BCUT2D eigenvalue weighted by Gasteiger charge is -2.22. The highest BCUT2D eigenvalue weighted by molar-refractivity contribution is 5.91. The maximum Gasteiger partial charge on any atom is 0.338 e. The Kier molecular flexibility index (Phi) is 5.71. The van der Waals surface area contributed by atoms with E-state index in [4.69, 9.17) is 4.74 Å². The van der Waals surface area contributed by atoms with Crippen molar-refractivity contribution >= 4 is 17.3 Å². The van der Waals surface area contributed by atoms with Gasteiger partial charge < -0.3 is 14.8 Å². The molecular formula is C15H20N2O5. The second-order valence-electron chi connectivity index (χ2n) is 5.18. The predicted molar refractivity (Wildman–Crippen MR) is 81.1 cm³/mol. The Morgan fingerprint density at radius 3 is 2.95 bits per heavy atom. The largest absolute Gasteiger partial charge is 0.465 e. The summed E-state index contributed by atoms with van der Waals surface area (Å²) in [6, 6.07) is 4.27. The van der Waals surface area contributed by atoms with Crippen molar-refractivity contribution in [2.45, 2.75) is 31.8 Å². The van der Waals surface area contributed by atoms with Crippen LogP contribution < -0.4 is 5.32 Å². The Hall–Kier alpha value is -2.15. The first-order valence-electron chi connectivity index (χ1n) is 7.34. The molecule has 0 radical (unpaired) electrons. The molecule has 1 heterocycles. The van der Waals surface area contributed by atoms with Gasteiger partial charge in [0.25, 0.3) is 5.69 Å². The average Bonchev–Trinajstić information content (AvgIpc) is 2.55. The third-order valence-corrected chi connectivity index (χ3v) is 3.67. The minimum absolute atomic E-state index is 0.132. The summed E-state index contributed by atoms with van der Waals surface area (Å²) in [6.45, 7) is 1.38. The molecule has 1 aromatic rings. The van der Waals surface area contributed by atoms with Crippen LogP contribution in [0.5, 0.6) is 0 Å². The van der Waals surface area contributed by atoms with Crippen LogP contribution in [0.2, 0.25) is 0 Å². The van der Waals surface area contributed by atoms with E-state index in [-0.39, 0.29) is 17.4 Å². The van der Waals surface area contributed by atoms with Gasteiger partial charge in [0.2, 0.25) is 0 Å². The zero-order valence-electron chi connectivity index (χ0n) is 12.5. The minimum Gasteiger partial charge on any atom is -0.465 e. The Morgan fingerprint density at radius 2 is 2.32 bits per heavy atom. The van der Waals surface area contributed by atoms with Gasteiger partial charge in [-0.15, -0.1) is 0 Å². The molecule has 0 amide bonds. The molecule has 1 fully saturated rings. The SMILES string of the molecule is COC(=O)c1ccc(NCCC2CCCCO2)c([N+](=O)[O-])c1. The van der Waals surface area contributed by atoms with E-state index in [2.05, 4.69) is 10.1 Å². The summed E-state index contributed by atoms with van der Waals surface area (Å²) in [5.74, 6) is -0.592. The van der Waals surface area contributed by atoms with Gasteiger partial charge >= 0.3 is 5.97 Å². The molecule has 0 spiro atoms. The van der Waals surface area contributed by atoms with Crippen molar-refractivity contribution in [3.8, 4) is 0 Å². The number of nitro benzene ring substituents is 1. The van der Waals surface area contributed by atoms with Gasteiger partial charge in [-0.3, -0.25) is 10.1 Å². The summed E-state index contributed by atoms with van der Waals surface area (Å²) in [7, 11) is 1.24. The second kappa shape index (κ2) is 7.74. The van der Waals surface area contributed by atoms with Crippen molar-refractivity contribution < 1.29 is 19.2 Å². The lowest BCUT2D eigenvalue weighted by molar-refractivity contribution is -0.384. The highest BCUT2D eigenvalue weighted by atomic mass is 16.6. The molecule has 1 saturated heterocycles. The van der Waals surface area contributed by atoms with Gasteiger partial charge in [0.1, 0.15) is 5.69 Å². The molecule has 1 aromatic carbocycles. The number of anilines is 1. The number of rotatable bonds is 6. The summed E-state index contributed by atoms with van der Waals surface area (Å²) >= 11 is 0. The summed E-state index contributed by atoms with van der Waals surface area (Å²) in [6.07, 6.45) is 4.32. The normalized spacial score (nSPS) is 17.8. The molecule has 120 valence electrons. The summed E-state index contributed by atoms with van der Waals surface area (Å²) < 4.78 is 10.2. The molecular weight excluding hydrogens is 288 g/mol. The van der Waals surface area contributed by atoms with Crippen molar-refractivity contribution in [3.63, 3.8) is 0 Å². The van der Waals surface area contributed by atoms with E-state index in [1.807, 2.05) is 0 Å². The zero-order valence-corrected chi connectivity index (χ0v) is 12.5. The first kappa shape index (κ1) is 16.2. The third kappa shape index (κ3) is 4.17. The predicted octanol–water partition coefficient (Wildman–Crippen LogP) is 2.75. The van der Waals surface area contributed by atoms with Crippen LogP contribution in [-0.4, -0.2) is 37.3 Å². The van der Waals surface area contributed by atoms with Crippen molar-refractivity contribution in [3.05, 3.63) is 33.9 Å². The number of carbonyl (C=O) groups excluding carboxylic acids is 1. The summed E-state index contributed by atoms with van der Waals surface area (Å²) in [5, 5.41) is 14.2. The van der Waals surface area contributed by atoms with Gasteiger partial charge in [-0.2, -0.15) is 0 Å². The van der Waals surface area contributed by atoms with Crippen molar-refractivity contribution in [1.82, 2.24) is 0 Å². The van der Waals surface area contributed by atoms with E-state index in [0.29, 0.717) is 12.2 Å². The molecule has 7 heteroatoms. The van der Waals surface area contributed by atoms with Gasteiger partial charge in [-0.05, 0) is 37.8 Å². The first-order chi connectivity index (χ1) is 10.6. The van der Waals surface area contributed by atoms with E-state index in [1.54, 1.807) is 0 Å². The van der Waals surface area contributed by atoms with Crippen molar-refractivity contribution in [2.75, 3.05) is 25.6 Å². The number of nitro groups is 1. The van der Waals surface area contributed by atoms with Crippen LogP contribution in [0.3, 0.4) is 0 Å². The fourth-order valence-electron chi connectivity index (χ4n) is 2.48. The Bertz CT molecular complexity index is 541. The van der Waals surface area contributed by atoms with Crippen LogP contribution >= 0.6 is 0 Å². The molecule has 1 aliphatic heterocycles. The van der Waals surface area contributed by atoms with E-state index >= 15 is 0 Å². The molecule has 1 N–H and O–H groups in total. The molecule has 2 rings (SSSR count). The fourth-order valence-corrected chi connectivity index (χ4v) is 2.48. The standard InChI is InChI=1S/C15H20N2O5/c1-21-15(18)11-5-6-13(14(10-11)17(19)20)16-8-7-12-4-2-3-9-22-12/h5-6,10,12,16H,2-4,7-9H2,1H3. The number of nitrogens with one attached hydrogen (secondary N) is 1. The lowest BCUT2D eigenvalue weighted by atomic mass is 10.1. The number of hydrogen-bond acceptors (Lipinski definition) is 6. The number of esters is 1. The second-order valence-corrected chi connectivity index (χ2v) is 5.18. The van der Waals surface area contributed by atoms with Gasteiger partial charge in [0, 0.05) is 19.2 Å². The number of methoxy groups -OCH3 is 1. The zero-order chi connectivity index (χ0) is 15.9. The molecule has 0 aromatic heterocycles. The maximum atomic E-state index is 11.4.